The zero-order valence-corrected chi connectivity index (χ0v) is 7.84. The Labute approximate surface area is 85.4 Å². The standard InChI is InChI=1S/C10H10N2O3/c11-8(13)5-12-9(14)6-3-1-2-4-7(6)10(12)15/h1-4,14-15H,5H2,(H2,11,13). The molecular formula is C10H10N2O3. The van der Waals surface area contributed by atoms with Gasteiger partial charge in [0.1, 0.15) is 6.54 Å². The number of carbonyl (C=O) groups is 1. The van der Waals surface area contributed by atoms with Gasteiger partial charge in [0, 0.05) is 10.8 Å². The first-order valence-electron chi connectivity index (χ1n) is 4.38. The number of fused-ring (bicyclic) bond motifs is 1. The van der Waals surface area contributed by atoms with Crippen LogP contribution in [0.2, 0.25) is 0 Å². The van der Waals surface area contributed by atoms with E-state index in [4.69, 9.17) is 5.73 Å². The highest BCUT2D eigenvalue weighted by molar-refractivity contribution is 5.93. The first-order valence-corrected chi connectivity index (χ1v) is 4.38. The molecule has 1 amide bonds. The second-order valence-electron chi connectivity index (χ2n) is 3.25. The topological polar surface area (TPSA) is 88.5 Å². The van der Waals surface area contributed by atoms with Crippen LogP contribution in [0, 0.1) is 0 Å². The van der Waals surface area contributed by atoms with E-state index in [1.54, 1.807) is 24.3 Å². The molecule has 0 aliphatic heterocycles. The van der Waals surface area contributed by atoms with Crippen molar-refractivity contribution in [3.8, 4) is 11.8 Å². The molecule has 15 heavy (non-hydrogen) atoms. The van der Waals surface area contributed by atoms with Crippen molar-refractivity contribution in [2.45, 2.75) is 6.54 Å². The Balaban J connectivity index is 2.69. The number of aromatic hydroxyl groups is 2. The number of rotatable bonds is 2. The Kier molecular flexibility index (Phi) is 2.00. The van der Waals surface area contributed by atoms with Crippen molar-refractivity contribution < 1.29 is 15.0 Å². The molecule has 5 heteroatoms. The van der Waals surface area contributed by atoms with Gasteiger partial charge in [0.05, 0.1) is 0 Å². The Morgan fingerprint density at radius 2 is 1.67 bits per heavy atom. The summed E-state index contributed by atoms with van der Waals surface area (Å²) in [7, 11) is 0. The smallest absolute Gasteiger partial charge is 0.237 e. The van der Waals surface area contributed by atoms with Crippen LogP contribution >= 0.6 is 0 Å². The summed E-state index contributed by atoms with van der Waals surface area (Å²) < 4.78 is 1.08. The summed E-state index contributed by atoms with van der Waals surface area (Å²) in [6, 6.07) is 6.77. The van der Waals surface area contributed by atoms with E-state index >= 15 is 0 Å². The SMILES string of the molecule is NC(=O)Cn1c(O)c2ccccc2c1O. The molecule has 78 valence electrons. The van der Waals surface area contributed by atoms with Gasteiger partial charge < -0.3 is 15.9 Å². The van der Waals surface area contributed by atoms with Crippen LogP contribution in [0.25, 0.3) is 10.8 Å². The maximum Gasteiger partial charge on any atom is 0.237 e. The summed E-state index contributed by atoms with van der Waals surface area (Å²) in [4.78, 5) is 10.7. The molecule has 0 radical (unpaired) electrons. The number of amides is 1. The van der Waals surface area contributed by atoms with E-state index in [1.165, 1.54) is 0 Å². The fourth-order valence-electron chi connectivity index (χ4n) is 1.57. The first kappa shape index (κ1) is 9.39. The lowest BCUT2D eigenvalue weighted by Crippen LogP contribution is -2.17. The second kappa shape index (κ2) is 3.20. The van der Waals surface area contributed by atoms with Gasteiger partial charge in [-0.2, -0.15) is 0 Å². The molecule has 2 rings (SSSR count). The minimum Gasteiger partial charge on any atom is -0.494 e. The number of primary amides is 1. The van der Waals surface area contributed by atoms with Crippen LogP contribution in [0.5, 0.6) is 11.8 Å². The lowest BCUT2D eigenvalue weighted by molar-refractivity contribution is -0.118. The van der Waals surface area contributed by atoms with E-state index in [0.717, 1.165) is 4.57 Å². The largest absolute Gasteiger partial charge is 0.494 e. The number of carbonyl (C=O) groups excluding carboxylic acids is 1. The minimum absolute atomic E-state index is 0.151. The van der Waals surface area contributed by atoms with Crippen LogP contribution in [0.15, 0.2) is 24.3 Å². The van der Waals surface area contributed by atoms with Crippen LogP contribution in [0.4, 0.5) is 0 Å². The number of benzene rings is 1. The number of hydrogen-bond acceptors (Lipinski definition) is 3. The van der Waals surface area contributed by atoms with E-state index in [1.807, 2.05) is 0 Å². The molecule has 2 aromatic rings. The van der Waals surface area contributed by atoms with Gasteiger partial charge in [-0.1, -0.05) is 12.1 Å². The number of aromatic nitrogens is 1. The highest BCUT2D eigenvalue weighted by atomic mass is 16.3. The first-order chi connectivity index (χ1) is 7.11. The monoisotopic (exact) mass is 206 g/mol. The predicted molar refractivity (Wildman–Crippen MR) is 54.5 cm³/mol. The summed E-state index contributed by atoms with van der Waals surface area (Å²) in [6.07, 6.45) is 0. The average Bonchev–Trinajstić information content (AvgIpc) is 2.44. The number of hydrogen-bond donors (Lipinski definition) is 3. The van der Waals surface area contributed by atoms with E-state index in [9.17, 15) is 15.0 Å². The quantitative estimate of drug-likeness (QED) is 0.669. The van der Waals surface area contributed by atoms with E-state index in [2.05, 4.69) is 0 Å². The zero-order chi connectivity index (χ0) is 11.0. The van der Waals surface area contributed by atoms with Gasteiger partial charge >= 0.3 is 0 Å². The molecule has 0 saturated carbocycles. The second-order valence-corrected chi connectivity index (χ2v) is 3.25. The molecule has 1 heterocycles. The van der Waals surface area contributed by atoms with Gasteiger partial charge in [-0.25, -0.2) is 0 Å². The van der Waals surface area contributed by atoms with Crippen LogP contribution in [0.3, 0.4) is 0 Å². The summed E-state index contributed by atoms with van der Waals surface area (Å²) in [5.74, 6) is -0.926. The molecule has 5 nitrogen and oxygen atoms in total. The Morgan fingerprint density at radius 1 is 1.20 bits per heavy atom. The summed E-state index contributed by atoms with van der Waals surface area (Å²) >= 11 is 0. The highest BCUT2D eigenvalue weighted by Gasteiger charge is 2.15. The van der Waals surface area contributed by atoms with Crippen molar-refractivity contribution in [2.75, 3.05) is 0 Å². The zero-order valence-electron chi connectivity index (χ0n) is 7.84. The van der Waals surface area contributed by atoms with E-state index in [0.29, 0.717) is 10.8 Å². The molecule has 0 atom stereocenters. The lowest BCUT2D eigenvalue weighted by Gasteiger charge is -2.02. The molecule has 1 aromatic carbocycles. The van der Waals surface area contributed by atoms with Gasteiger partial charge in [-0.3, -0.25) is 9.36 Å². The molecule has 0 aliphatic carbocycles. The van der Waals surface area contributed by atoms with Gasteiger partial charge in [-0.15, -0.1) is 0 Å². The molecular weight excluding hydrogens is 196 g/mol. The van der Waals surface area contributed by atoms with Crippen molar-refractivity contribution in [3.05, 3.63) is 24.3 Å². The van der Waals surface area contributed by atoms with Crippen LogP contribution in [-0.4, -0.2) is 20.7 Å². The highest BCUT2D eigenvalue weighted by Crippen LogP contribution is 2.35. The summed E-state index contributed by atoms with van der Waals surface area (Å²) in [6.45, 7) is -0.244. The lowest BCUT2D eigenvalue weighted by atomic mass is 10.2. The van der Waals surface area contributed by atoms with Crippen LogP contribution < -0.4 is 5.73 Å². The third-order valence-corrected chi connectivity index (χ3v) is 2.23. The van der Waals surface area contributed by atoms with Crippen LogP contribution in [0.1, 0.15) is 0 Å². The van der Waals surface area contributed by atoms with E-state index in [-0.39, 0.29) is 18.3 Å². The molecule has 0 fully saturated rings. The molecule has 0 spiro atoms. The van der Waals surface area contributed by atoms with E-state index < -0.39 is 5.91 Å². The maximum absolute atomic E-state index is 10.7. The van der Waals surface area contributed by atoms with Crippen molar-refractivity contribution in [2.24, 2.45) is 5.73 Å². The minimum atomic E-state index is -0.624. The molecule has 0 aliphatic rings. The average molecular weight is 206 g/mol. The summed E-state index contributed by atoms with van der Waals surface area (Å²) in [5, 5.41) is 20.4. The van der Waals surface area contributed by atoms with Crippen molar-refractivity contribution in [1.82, 2.24) is 4.57 Å². The number of nitrogens with two attached hydrogens (primary N) is 1. The molecule has 0 saturated heterocycles. The van der Waals surface area contributed by atoms with Crippen molar-refractivity contribution >= 4 is 16.7 Å². The Morgan fingerprint density at radius 3 is 2.07 bits per heavy atom. The molecule has 1 aromatic heterocycles. The Bertz CT molecular complexity index is 492. The molecule has 0 unspecified atom stereocenters. The fourth-order valence-corrected chi connectivity index (χ4v) is 1.57. The number of nitrogens with zero attached hydrogens (tertiary/aromatic N) is 1. The fraction of sp³-hybridized carbons (Fsp3) is 0.100. The van der Waals surface area contributed by atoms with Gasteiger partial charge in [0.25, 0.3) is 0 Å². The third-order valence-electron chi connectivity index (χ3n) is 2.23. The molecule has 0 bridgehead atoms. The van der Waals surface area contributed by atoms with Crippen molar-refractivity contribution in [1.29, 1.82) is 0 Å². The van der Waals surface area contributed by atoms with Gasteiger partial charge in [-0.05, 0) is 12.1 Å². The van der Waals surface area contributed by atoms with Gasteiger partial charge in [0.2, 0.25) is 17.7 Å². The summed E-state index contributed by atoms with van der Waals surface area (Å²) in [5.41, 5.74) is 5.00. The predicted octanol–water partition coefficient (Wildman–Crippen LogP) is 0.538. The third kappa shape index (κ3) is 1.38. The van der Waals surface area contributed by atoms with Crippen molar-refractivity contribution in [3.63, 3.8) is 0 Å². The van der Waals surface area contributed by atoms with Gasteiger partial charge in [0.15, 0.2) is 0 Å². The Hall–Kier alpha value is -2.17. The normalized spacial score (nSPS) is 10.7. The maximum atomic E-state index is 10.7. The molecule has 4 N–H and O–H groups in total. The van der Waals surface area contributed by atoms with Crippen LogP contribution in [-0.2, 0) is 11.3 Å².